The Morgan fingerprint density at radius 3 is 2.42 bits per heavy atom. The number of hydrogen-bond donors (Lipinski definition) is 1. The van der Waals surface area contributed by atoms with Gasteiger partial charge < -0.3 is 15.5 Å². The molecule has 4 nitrogen and oxygen atoms in total. The summed E-state index contributed by atoms with van der Waals surface area (Å²) in [7, 11) is 1.94. The van der Waals surface area contributed by atoms with Gasteiger partial charge in [-0.3, -0.25) is 4.79 Å². The van der Waals surface area contributed by atoms with Gasteiger partial charge in [-0.2, -0.15) is 0 Å². The predicted octanol–water partition coefficient (Wildman–Crippen LogP) is 1.69. The minimum absolute atomic E-state index is 0.0184. The van der Waals surface area contributed by atoms with Gasteiger partial charge in [-0.05, 0) is 31.7 Å². The molecule has 1 fully saturated rings. The number of hydrogen-bond acceptors (Lipinski definition) is 3. The van der Waals surface area contributed by atoms with Crippen LogP contribution in [0.25, 0.3) is 0 Å². The summed E-state index contributed by atoms with van der Waals surface area (Å²) < 4.78 is 0. The van der Waals surface area contributed by atoms with Crippen LogP contribution in [-0.4, -0.2) is 54.5 Å². The zero-order valence-corrected chi connectivity index (χ0v) is 13.1. The largest absolute Gasteiger partial charge is 0.343 e. The number of amides is 1. The Morgan fingerprint density at radius 1 is 1.37 bits per heavy atom. The molecule has 112 valence electrons. The Kier molecular flexibility index (Phi) is 6.80. The number of piperidine rings is 1. The van der Waals surface area contributed by atoms with E-state index in [4.69, 9.17) is 5.73 Å². The molecule has 4 heteroatoms. The molecule has 1 unspecified atom stereocenters. The quantitative estimate of drug-likeness (QED) is 0.798. The number of nitrogens with two attached hydrogens (primary N) is 1. The lowest BCUT2D eigenvalue weighted by Gasteiger charge is -2.37. The summed E-state index contributed by atoms with van der Waals surface area (Å²) in [5.41, 5.74) is 5.99. The molecular weight excluding hydrogens is 238 g/mol. The molecule has 2 N–H and O–H groups in total. The van der Waals surface area contributed by atoms with Crippen molar-refractivity contribution in [2.75, 3.05) is 26.7 Å². The third kappa shape index (κ3) is 5.11. The number of likely N-dealkylation sites (tertiary alicyclic amines) is 1. The van der Waals surface area contributed by atoms with Crippen molar-refractivity contribution in [1.29, 1.82) is 0 Å². The highest BCUT2D eigenvalue weighted by Crippen LogP contribution is 2.17. The summed E-state index contributed by atoms with van der Waals surface area (Å²) in [5.74, 6) is 0.568. The van der Waals surface area contributed by atoms with Crippen molar-refractivity contribution < 1.29 is 4.79 Å². The molecule has 1 heterocycles. The number of carbonyl (C=O) groups excluding carboxylic acids is 1. The minimum atomic E-state index is -0.0184. The van der Waals surface area contributed by atoms with E-state index in [0.29, 0.717) is 18.4 Å². The highest BCUT2D eigenvalue weighted by Gasteiger charge is 2.26. The smallest absolute Gasteiger partial charge is 0.224 e. The van der Waals surface area contributed by atoms with E-state index < -0.39 is 0 Å². The van der Waals surface area contributed by atoms with Crippen LogP contribution in [0.4, 0.5) is 0 Å². The van der Waals surface area contributed by atoms with Gasteiger partial charge in [0.15, 0.2) is 0 Å². The summed E-state index contributed by atoms with van der Waals surface area (Å²) in [4.78, 5) is 16.6. The molecule has 0 aromatic rings. The molecule has 0 aromatic carbocycles. The standard InChI is InChI=1S/C15H31N3O/c1-5-8-18-9-6-13(7-10-18)17(4)15(19)11-14(16)12(2)3/h12-14H,5-11,16H2,1-4H3. The first-order valence-corrected chi connectivity index (χ1v) is 7.69. The highest BCUT2D eigenvalue weighted by atomic mass is 16.2. The molecule has 1 atom stereocenters. The molecule has 1 saturated heterocycles. The third-order valence-electron chi connectivity index (χ3n) is 4.30. The minimum Gasteiger partial charge on any atom is -0.343 e. The van der Waals surface area contributed by atoms with E-state index in [9.17, 15) is 4.79 Å². The van der Waals surface area contributed by atoms with Gasteiger partial charge in [0.2, 0.25) is 5.91 Å². The molecule has 1 rings (SSSR count). The second-order valence-corrected chi connectivity index (χ2v) is 6.19. The number of rotatable bonds is 6. The van der Waals surface area contributed by atoms with Crippen LogP contribution in [0.3, 0.4) is 0 Å². The van der Waals surface area contributed by atoms with Crippen LogP contribution < -0.4 is 5.73 Å². The fourth-order valence-corrected chi connectivity index (χ4v) is 2.63. The summed E-state index contributed by atoms with van der Waals surface area (Å²) in [6.45, 7) is 9.78. The molecule has 1 aliphatic heterocycles. The molecule has 1 aliphatic rings. The lowest BCUT2D eigenvalue weighted by molar-refractivity contribution is -0.133. The topological polar surface area (TPSA) is 49.6 Å². The van der Waals surface area contributed by atoms with Crippen LogP contribution in [0.5, 0.6) is 0 Å². The summed E-state index contributed by atoms with van der Waals surface area (Å²) in [6, 6.07) is 0.384. The maximum atomic E-state index is 12.2. The van der Waals surface area contributed by atoms with Crippen molar-refractivity contribution in [2.45, 2.75) is 58.5 Å². The third-order valence-corrected chi connectivity index (χ3v) is 4.30. The van der Waals surface area contributed by atoms with Crippen molar-refractivity contribution in [1.82, 2.24) is 9.80 Å². The van der Waals surface area contributed by atoms with Gasteiger partial charge in [0.05, 0.1) is 0 Å². The molecule has 0 radical (unpaired) electrons. The molecule has 0 spiro atoms. The van der Waals surface area contributed by atoms with E-state index >= 15 is 0 Å². The first-order valence-electron chi connectivity index (χ1n) is 7.69. The average Bonchev–Trinajstić information content (AvgIpc) is 2.39. The van der Waals surface area contributed by atoms with Crippen LogP contribution in [0, 0.1) is 5.92 Å². The Morgan fingerprint density at radius 2 is 1.95 bits per heavy atom. The second-order valence-electron chi connectivity index (χ2n) is 6.19. The van der Waals surface area contributed by atoms with Gasteiger partial charge in [0.1, 0.15) is 0 Å². The Labute approximate surface area is 118 Å². The summed E-state index contributed by atoms with van der Waals surface area (Å²) in [5, 5.41) is 0. The van der Waals surface area contributed by atoms with Gasteiger partial charge in [-0.15, -0.1) is 0 Å². The lowest BCUT2D eigenvalue weighted by Crippen LogP contribution is -2.47. The van der Waals surface area contributed by atoms with Crippen molar-refractivity contribution >= 4 is 5.91 Å². The highest BCUT2D eigenvalue weighted by molar-refractivity contribution is 5.76. The second kappa shape index (κ2) is 7.85. The van der Waals surface area contributed by atoms with E-state index in [1.165, 1.54) is 13.0 Å². The summed E-state index contributed by atoms with van der Waals surface area (Å²) in [6.07, 6.45) is 3.88. The lowest BCUT2D eigenvalue weighted by atomic mass is 9.99. The maximum Gasteiger partial charge on any atom is 0.224 e. The molecular formula is C15H31N3O. The van der Waals surface area contributed by atoms with E-state index in [1.54, 1.807) is 0 Å². The normalized spacial score (nSPS) is 19.7. The number of carbonyl (C=O) groups is 1. The SMILES string of the molecule is CCCN1CCC(N(C)C(=O)CC(N)C(C)C)CC1. The Hall–Kier alpha value is -0.610. The van der Waals surface area contributed by atoms with Crippen LogP contribution in [0.15, 0.2) is 0 Å². The average molecular weight is 269 g/mol. The monoisotopic (exact) mass is 269 g/mol. The number of nitrogens with zero attached hydrogens (tertiary/aromatic N) is 2. The van der Waals surface area contributed by atoms with Crippen molar-refractivity contribution in [3.8, 4) is 0 Å². The van der Waals surface area contributed by atoms with Gasteiger partial charge in [0, 0.05) is 38.6 Å². The van der Waals surface area contributed by atoms with Crippen molar-refractivity contribution in [3.05, 3.63) is 0 Å². The fraction of sp³-hybridized carbons (Fsp3) is 0.933. The van der Waals surface area contributed by atoms with Crippen LogP contribution in [-0.2, 0) is 4.79 Å². The van der Waals surface area contributed by atoms with E-state index in [-0.39, 0.29) is 11.9 Å². The molecule has 0 bridgehead atoms. The molecule has 1 amide bonds. The van der Waals surface area contributed by atoms with Gasteiger partial charge in [-0.25, -0.2) is 0 Å². The fourth-order valence-electron chi connectivity index (χ4n) is 2.63. The van der Waals surface area contributed by atoms with E-state index in [0.717, 1.165) is 25.9 Å². The molecule has 0 aliphatic carbocycles. The van der Waals surface area contributed by atoms with Crippen LogP contribution in [0.2, 0.25) is 0 Å². The first-order chi connectivity index (χ1) is 8.95. The van der Waals surface area contributed by atoms with Crippen LogP contribution >= 0.6 is 0 Å². The van der Waals surface area contributed by atoms with Gasteiger partial charge >= 0.3 is 0 Å². The Bertz CT molecular complexity index is 273. The van der Waals surface area contributed by atoms with Crippen molar-refractivity contribution in [2.24, 2.45) is 11.7 Å². The van der Waals surface area contributed by atoms with E-state index in [2.05, 4.69) is 25.7 Å². The Balaban J connectivity index is 2.37. The van der Waals surface area contributed by atoms with Gasteiger partial charge in [0.25, 0.3) is 0 Å². The summed E-state index contributed by atoms with van der Waals surface area (Å²) >= 11 is 0. The predicted molar refractivity (Wildman–Crippen MR) is 80.0 cm³/mol. The maximum absolute atomic E-state index is 12.2. The van der Waals surface area contributed by atoms with Gasteiger partial charge in [-0.1, -0.05) is 20.8 Å². The zero-order valence-electron chi connectivity index (χ0n) is 13.1. The van der Waals surface area contributed by atoms with E-state index in [1.807, 2.05) is 11.9 Å². The van der Waals surface area contributed by atoms with Crippen molar-refractivity contribution in [3.63, 3.8) is 0 Å². The first kappa shape index (κ1) is 16.4. The zero-order chi connectivity index (χ0) is 14.4. The molecule has 0 saturated carbocycles. The molecule has 0 aromatic heterocycles. The van der Waals surface area contributed by atoms with Crippen LogP contribution in [0.1, 0.15) is 46.5 Å². The molecule has 19 heavy (non-hydrogen) atoms.